The Bertz CT molecular complexity index is 956. The minimum absolute atomic E-state index is 0.232. The van der Waals surface area contributed by atoms with Crippen molar-refractivity contribution < 1.29 is 19.0 Å². The van der Waals surface area contributed by atoms with E-state index in [2.05, 4.69) is 9.97 Å². The fourth-order valence-electron chi connectivity index (χ4n) is 3.50. The third-order valence-electron chi connectivity index (χ3n) is 4.82. The van der Waals surface area contributed by atoms with E-state index in [0.717, 1.165) is 18.6 Å². The first-order chi connectivity index (χ1) is 12.5. The van der Waals surface area contributed by atoms with Crippen LogP contribution in [0.5, 0.6) is 5.75 Å². The average Bonchev–Trinajstić information content (AvgIpc) is 2.66. The molecule has 0 radical (unpaired) electrons. The lowest BCUT2D eigenvalue weighted by molar-refractivity contribution is 0.0604. The molecule has 26 heavy (non-hydrogen) atoms. The van der Waals surface area contributed by atoms with Gasteiger partial charge in [-0.15, -0.1) is 0 Å². The number of nitrogens with zero attached hydrogens (tertiary/aromatic N) is 2. The molecule has 1 atom stereocenters. The Morgan fingerprint density at radius 1 is 1.08 bits per heavy atom. The van der Waals surface area contributed by atoms with Gasteiger partial charge >= 0.3 is 0 Å². The van der Waals surface area contributed by atoms with Crippen molar-refractivity contribution in [2.45, 2.75) is 24.9 Å². The molecule has 4 nitrogen and oxygen atoms in total. The molecule has 1 aromatic carbocycles. The number of rotatable bonds is 2. The van der Waals surface area contributed by atoms with E-state index in [1.54, 1.807) is 30.6 Å². The number of pyridine rings is 2. The molecule has 1 aliphatic carbocycles. The minimum atomic E-state index is -1.18. The van der Waals surface area contributed by atoms with Crippen LogP contribution in [0, 0.1) is 11.6 Å². The SMILES string of the molecule is Oc1c(F)cc(-c2ccc3c(n2)CCCC3(O)c2cccnc2)cc1F. The number of hydrogen-bond acceptors (Lipinski definition) is 4. The van der Waals surface area contributed by atoms with Gasteiger partial charge in [0.1, 0.15) is 5.60 Å². The van der Waals surface area contributed by atoms with E-state index in [1.165, 1.54) is 0 Å². The normalized spacial score (nSPS) is 19.2. The van der Waals surface area contributed by atoms with Crippen LogP contribution in [-0.4, -0.2) is 20.2 Å². The number of hydrogen-bond donors (Lipinski definition) is 2. The largest absolute Gasteiger partial charge is 0.503 e. The van der Waals surface area contributed by atoms with Gasteiger partial charge in [-0.2, -0.15) is 0 Å². The average molecular weight is 354 g/mol. The monoisotopic (exact) mass is 354 g/mol. The molecule has 0 saturated heterocycles. The van der Waals surface area contributed by atoms with Gasteiger partial charge in [-0.25, -0.2) is 8.78 Å². The summed E-state index contributed by atoms with van der Waals surface area (Å²) in [5, 5.41) is 20.5. The van der Waals surface area contributed by atoms with Gasteiger partial charge in [-0.3, -0.25) is 9.97 Å². The quantitative estimate of drug-likeness (QED) is 0.736. The van der Waals surface area contributed by atoms with E-state index in [1.807, 2.05) is 6.07 Å². The molecule has 0 spiro atoms. The topological polar surface area (TPSA) is 66.2 Å². The van der Waals surface area contributed by atoms with E-state index in [9.17, 15) is 19.0 Å². The number of phenols is 1. The highest BCUT2D eigenvalue weighted by Crippen LogP contribution is 2.40. The van der Waals surface area contributed by atoms with Crippen molar-refractivity contribution in [3.63, 3.8) is 0 Å². The predicted molar refractivity (Wildman–Crippen MR) is 91.4 cm³/mol. The predicted octanol–water partition coefficient (Wildman–Crippen LogP) is 3.70. The van der Waals surface area contributed by atoms with Gasteiger partial charge < -0.3 is 10.2 Å². The van der Waals surface area contributed by atoms with E-state index in [4.69, 9.17) is 0 Å². The first-order valence-corrected chi connectivity index (χ1v) is 8.31. The maximum absolute atomic E-state index is 13.6. The maximum Gasteiger partial charge on any atom is 0.187 e. The number of aryl methyl sites for hydroxylation is 1. The molecule has 4 rings (SSSR count). The van der Waals surface area contributed by atoms with Crippen LogP contribution >= 0.6 is 0 Å². The van der Waals surface area contributed by atoms with E-state index in [-0.39, 0.29) is 5.56 Å². The number of aliphatic hydroxyl groups is 1. The fourth-order valence-corrected chi connectivity index (χ4v) is 3.50. The van der Waals surface area contributed by atoms with Crippen LogP contribution < -0.4 is 0 Å². The molecule has 1 unspecified atom stereocenters. The molecule has 2 N–H and O–H groups in total. The second-order valence-electron chi connectivity index (χ2n) is 6.43. The molecular formula is C20H16F2N2O2. The van der Waals surface area contributed by atoms with Crippen LogP contribution in [0.3, 0.4) is 0 Å². The van der Waals surface area contributed by atoms with Crippen LogP contribution in [0.4, 0.5) is 8.78 Å². The molecule has 0 bridgehead atoms. The van der Waals surface area contributed by atoms with Gasteiger partial charge in [0, 0.05) is 34.8 Å². The highest BCUT2D eigenvalue weighted by atomic mass is 19.1. The molecular weight excluding hydrogens is 338 g/mol. The van der Waals surface area contributed by atoms with Gasteiger partial charge in [0.25, 0.3) is 0 Å². The molecule has 2 heterocycles. The van der Waals surface area contributed by atoms with Crippen molar-refractivity contribution in [1.29, 1.82) is 0 Å². The third kappa shape index (κ3) is 2.63. The summed E-state index contributed by atoms with van der Waals surface area (Å²) >= 11 is 0. The molecule has 0 amide bonds. The molecule has 1 aliphatic rings. The zero-order valence-corrected chi connectivity index (χ0v) is 13.8. The van der Waals surface area contributed by atoms with Crippen LogP contribution in [0.1, 0.15) is 29.7 Å². The fraction of sp³-hybridized carbons (Fsp3) is 0.200. The van der Waals surface area contributed by atoms with Crippen molar-refractivity contribution in [3.8, 4) is 17.0 Å². The zero-order chi connectivity index (χ0) is 18.3. The Morgan fingerprint density at radius 2 is 1.85 bits per heavy atom. The number of aromatic nitrogens is 2. The van der Waals surface area contributed by atoms with Crippen molar-refractivity contribution in [1.82, 2.24) is 9.97 Å². The standard InChI is InChI=1S/C20H16F2N2O2/c21-15-9-12(10-16(22)19(15)25)17-6-5-14-18(24-17)4-1-7-20(14,26)13-3-2-8-23-11-13/h2-3,5-6,8-11,25-26H,1,4,7H2. The summed E-state index contributed by atoms with van der Waals surface area (Å²) in [6.07, 6.45) is 5.22. The van der Waals surface area contributed by atoms with Crippen LogP contribution in [0.25, 0.3) is 11.3 Å². The third-order valence-corrected chi connectivity index (χ3v) is 4.82. The molecule has 0 aliphatic heterocycles. The summed E-state index contributed by atoms with van der Waals surface area (Å²) in [5.74, 6) is -3.07. The Kier molecular flexibility index (Phi) is 3.92. The lowest BCUT2D eigenvalue weighted by atomic mass is 9.77. The minimum Gasteiger partial charge on any atom is -0.503 e. The van der Waals surface area contributed by atoms with E-state index in [0.29, 0.717) is 35.4 Å². The van der Waals surface area contributed by atoms with Crippen molar-refractivity contribution in [2.75, 3.05) is 0 Å². The number of fused-ring (bicyclic) bond motifs is 1. The molecule has 3 aromatic rings. The van der Waals surface area contributed by atoms with Crippen molar-refractivity contribution in [2.24, 2.45) is 0 Å². The number of halogens is 2. The van der Waals surface area contributed by atoms with E-state index < -0.39 is 23.0 Å². The van der Waals surface area contributed by atoms with Gasteiger partial charge in [0.15, 0.2) is 17.4 Å². The van der Waals surface area contributed by atoms with Gasteiger partial charge in [-0.1, -0.05) is 12.1 Å². The Hall–Kier alpha value is -2.86. The molecule has 0 saturated carbocycles. The maximum atomic E-state index is 13.6. The Labute approximate surface area is 148 Å². The summed E-state index contributed by atoms with van der Waals surface area (Å²) in [5.41, 5.74) is 1.50. The van der Waals surface area contributed by atoms with E-state index >= 15 is 0 Å². The van der Waals surface area contributed by atoms with Crippen LogP contribution in [-0.2, 0) is 12.0 Å². The summed E-state index contributed by atoms with van der Waals surface area (Å²) in [7, 11) is 0. The number of benzene rings is 1. The number of phenolic OH excluding ortho intramolecular Hbond substituents is 1. The Balaban J connectivity index is 1.81. The summed E-state index contributed by atoms with van der Waals surface area (Å²) in [6, 6.07) is 9.04. The molecule has 0 fully saturated rings. The lowest BCUT2D eigenvalue weighted by Gasteiger charge is -2.34. The Morgan fingerprint density at radius 3 is 2.54 bits per heavy atom. The van der Waals surface area contributed by atoms with Crippen LogP contribution in [0.2, 0.25) is 0 Å². The van der Waals surface area contributed by atoms with Crippen LogP contribution in [0.15, 0.2) is 48.8 Å². The summed E-state index contributed by atoms with van der Waals surface area (Å²) in [4.78, 5) is 8.60. The molecule has 6 heteroatoms. The number of aromatic hydroxyl groups is 1. The highest BCUT2D eigenvalue weighted by Gasteiger charge is 2.37. The second kappa shape index (κ2) is 6.14. The molecule has 2 aromatic heterocycles. The van der Waals surface area contributed by atoms with Gasteiger partial charge in [-0.05, 0) is 43.5 Å². The zero-order valence-electron chi connectivity index (χ0n) is 13.8. The first-order valence-electron chi connectivity index (χ1n) is 8.31. The lowest BCUT2D eigenvalue weighted by Crippen LogP contribution is -2.32. The van der Waals surface area contributed by atoms with Crippen molar-refractivity contribution >= 4 is 0 Å². The smallest absolute Gasteiger partial charge is 0.187 e. The van der Waals surface area contributed by atoms with Gasteiger partial charge in [0.05, 0.1) is 5.69 Å². The second-order valence-corrected chi connectivity index (χ2v) is 6.43. The highest BCUT2D eigenvalue weighted by molar-refractivity contribution is 5.62. The molecule has 132 valence electrons. The van der Waals surface area contributed by atoms with Crippen molar-refractivity contribution in [3.05, 3.63) is 77.2 Å². The summed E-state index contributed by atoms with van der Waals surface area (Å²) < 4.78 is 27.3. The first kappa shape index (κ1) is 16.6. The summed E-state index contributed by atoms with van der Waals surface area (Å²) in [6.45, 7) is 0. The van der Waals surface area contributed by atoms with Gasteiger partial charge in [0.2, 0.25) is 0 Å².